The first kappa shape index (κ1) is 18.7. The fraction of sp³-hybridized carbons (Fsp3) is 0.333. The summed E-state index contributed by atoms with van der Waals surface area (Å²) in [5.74, 6) is 0.870. The minimum absolute atomic E-state index is 0.0407. The van der Waals surface area contributed by atoms with Gasteiger partial charge in [-0.05, 0) is 42.7 Å². The molecule has 2 aliphatic heterocycles. The van der Waals surface area contributed by atoms with Gasteiger partial charge < -0.3 is 19.9 Å². The molecule has 3 aromatic rings. The lowest BCUT2D eigenvalue weighted by atomic mass is 9.94. The molecule has 6 heteroatoms. The van der Waals surface area contributed by atoms with Crippen molar-refractivity contribution >= 4 is 28.4 Å². The standard InChI is InChI=1S/C24H25N3O3/c1-30-15-9-10-21-18(13-15)19-14-27(12-11-22(19)25-21)23(28)8-4-6-17-16-5-2-3-7-20(16)26-24(17)29/h2-3,5,7,9-10,13,17,25H,4,6,8,11-12,14H2,1H3,(H,26,29). The number of aromatic amines is 1. The summed E-state index contributed by atoms with van der Waals surface area (Å²) in [5, 5.41) is 4.06. The second-order valence-corrected chi connectivity index (χ2v) is 8.08. The predicted octanol–water partition coefficient (Wildman–Crippen LogP) is 3.97. The highest BCUT2D eigenvalue weighted by molar-refractivity contribution is 6.02. The monoisotopic (exact) mass is 403 g/mol. The Labute approximate surface area is 175 Å². The number of fused-ring (bicyclic) bond motifs is 4. The zero-order valence-electron chi connectivity index (χ0n) is 17.0. The number of carbonyl (C=O) groups excluding carboxylic acids is 2. The van der Waals surface area contributed by atoms with Crippen LogP contribution in [0.2, 0.25) is 0 Å². The van der Waals surface area contributed by atoms with Gasteiger partial charge in [0.15, 0.2) is 0 Å². The Morgan fingerprint density at radius 2 is 2.10 bits per heavy atom. The summed E-state index contributed by atoms with van der Waals surface area (Å²) < 4.78 is 5.37. The fourth-order valence-electron chi connectivity index (χ4n) is 4.71. The molecule has 1 unspecified atom stereocenters. The van der Waals surface area contributed by atoms with Crippen LogP contribution in [0, 0.1) is 0 Å². The Balaban J connectivity index is 1.23. The van der Waals surface area contributed by atoms with Gasteiger partial charge in [0, 0.05) is 53.8 Å². The third-order valence-electron chi connectivity index (χ3n) is 6.33. The zero-order chi connectivity index (χ0) is 20.7. The van der Waals surface area contributed by atoms with E-state index in [1.807, 2.05) is 47.4 Å². The molecule has 30 heavy (non-hydrogen) atoms. The molecule has 0 saturated heterocycles. The quantitative estimate of drug-likeness (QED) is 0.677. The number of para-hydroxylation sites is 1. The lowest BCUT2D eigenvalue weighted by Gasteiger charge is -2.27. The van der Waals surface area contributed by atoms with Gasteiger partial charge in [0.1, 0.15) is 5.75 Å². The van der Waals surface area contributed by atoms with E-state index >= 15 is 0 Å². The van der Waals surface area contributed by atoms with Gasteiger partial charge in [0.05, 0.1) is 13.0 Å². The number of carbonyl (C=O) groups is 2. The van der Waals surface area contributed by atoms with Gasteiger partial charge in [-0.1, -0.05) is 18.2 Å². The second kappa shape index (κ2) is 7.52. The van der Waals surface area contributed by atoms with Crippen LogP contribution in [-0.2, 0) is 22.6 Å². The zero-order valence-corrected chi connectivity index (χ0v) is 17.0. The minimum Gasteiger partial charge on any atom is -0.497 e. The van der Waals surface area contributed by atoms with Crippen molar-refractivity contribution in [2.75, 3.05) is 19.0 Å². The van der Waals surface area contributed by atoms with Crippen LogP contribution in [0.25, 0.3) is 10.9 Å². The highest BCUT2D eigenvalue weighted by atomic mass is 16.5. The molecule has 2 aromatic carbocycles. The maximum atomic E-state index is 12.9. The first-order chi connectivity index (χ1) is 14.6. The van der Waals surface area contributed by atoms with Crippen molar-refractivity contribution in [3.8, 4) is 5.75 Å². The fourth-order valence-corrected chi connectivity index (χ4v) is 4.71. The number of nitrogens with one attached hydrogen (secondary N) is 2. The minimum atomic E-state index is -0.150. The van der Waals surface area contributed by atoms with Gasteiger partial charge >= 0.3 is 0 Å². The van der Waals surface area contributed by atoms with E-state index < -0.39 is 0 Å². The predicted molar refractivity (Wildman–Crippen MR) is 116 cm³/mol. The topological polar surface area (TPSA) is 74.4 Å². The summed E-state index contributed by atoms with van der Waals surface area (Å²) in [6, 6.07) is 13.8. The number of nitrogens with zero attached hydrogens (tertiary/aromatic N) is 1. The Morgan fingerprint density at radius 1 is 1.23 bits per heavy atom. The first-order valence-corrected chi connectivity index (χ1v) is 10.5. The van der Waals surface area contributed by atoms with E-state index in [4.69, 9.17) is 4.74 Å². The van der Waals surface area contributed by atoms with E-state index in [1.54, 1.807) is 7.11 Å². The molecule has 0 aliphatic carbocycles. The normalized spacial score (nSPS) is 17.6. The van der Waals surface area contributed by atoms with E-state index in [2.05, 4.69) is 10.3 Å². The first-order valence-electron chi connectivity index (χ1n) is 10.5. The van der Waals surface area contributed by atoms with E-state index in [1.165, 1.54) is 11.3 Å². The van der Waals surface area contributed by atoms with Crippen molar-refractivity contribution in [2.45, 2.75) is 38.1 Å². The number of amides is 2. The Bertz CT molecular complexity index is 1130. The molecule has 6 nitrogen and oxygen atoms in total. The van der Waals surface area contributed by atoms with Crippen LogP contribution in [-0.4, -0.2) is 35.4 Å². The molecule has 1 atom stereocenters. The van der Waals surface area contributed by atoms with Crippen LogP contribution in [0.5, 0.6) is 5.75 Å². The van der Waals surface area contributed by atoms with Crippen molar-refractivity contribution in [2.24, 2.45) is 0 Å². The molecular weight excluding hydrogens is 378 g/mol. The average molecular weight is 403 g/mol. The van der Waals surface area contributed by atoms with Crippen LogP contribution in [0.1, 0.15) is 42.0 Å². The van der Waals surface area contributed by atoms with Gasteiger partial charge in [-0.3, -0.25) is 9.59 Å². The number of methoxy groups -OCH3 is 1. The van der Waals surface area contributed by atoms with Gasteiger partial charge in [0.2, 0.25) is 11.8 Å². The molecule has 0 fully saturated rings. The van der Waals surface area contributed by atoms with E-state index in [0.717, 1.165) is 40.9 Å². The van der Waals surface area contributed by atoms with Crippen LogP contribution in [0.3, 0.4) is 0 Å². The number of H-pyrrole nitrogens is 1. The molecule has 0 bridgehead atoms. The van der Waals surface area contributed by atoms with Crippen molar-refractivity contribution < 1.29 is 14.3 Å². The van der Waals surface area contributed by atoms with Crippen LogP contribution < -0.4 is 10.1 Å². The molecule has 0 radical (unpaired) electrons. The van der Waals surface area contributed by atoms with Gasteiger partial charge in [0.25, 0.3) is 0 Å². The van der Waals surface area contributed by atoms with Crippen molar-refractivity contribution in [3.05, 3.63) is 59.3 Å². The number of hydrogen-bond acceptors (Lipinski definition) is 3. The maximum absolute atomic E-state index is 12.9. The average Bonchev–Trinajstić information content (AvgIpc) is 3.29. The second-order valence-electron chi connectivity index (χ2n) is 8.08. The summed E-state index contributed by atoms with van der Waals surface area (Å²) in [4.78, 5) is 30.6. The van der Waals surface area contributed by atoms with E-state index in [0.29, 0.717) is 25.8 Å². The molecule has 2 aliphatic rings. The molecule has 2 amide bonds. The lowest BCUT2D eigenvalue weighted by Crippen LogP contribution is -2.35. The number of rotatable bonds is 5. The smallest absolute Gasteiger partial charge is 0.232 e. The number of hydrogen-bond donors (Lipinski definition) is 2. The van der Waals surface area contributed by atoms with Crippen LogP contribution >= 0.6 is 0 Å². The van der Waals surface area contributed by atoms with Crippen LogP contribution in [0.15, 0.2) is 42.5 Å². The van der Waals surface area contributed by atoms with Gasteiger partial charge in [-0.2, -0.15) is 0 Å². The SMILES string of the molecule is COc1ccc2[nH]c3c(c2c1)CN(C(=O)CCCC1C(=O)Nc2ccccc21)CC3. The molecule has 0 saturated carbocycles. The largest absolute Gasteiger partial charge is 0.497 e. The van der Waals surface area contributed by atoms with E-state index in [9.17, 15) is 9.59 Å². The van der Waals surface area contributed by atoms with Gasteiger partial charge in [-0.25, -0.2) is 0 Å². The molecule has 0 spiro atoms. The molecule has 2 N–H and O–H groups in total. The summed E-state index contributed by atoms with van der Waals surface area (Å²) in [6.45, 7) is 1.34. The van der Waals surface area contributed by atoms with Crippen molar-refractivity contribution in [1.82, 2.24) is 9.88 Å². The van der Waals surface area contributed by atoms with Crippen LogP contribution in [0.4, 0.5) is 5.69 Å². The Kier molecular flexibility index (Phi) is 4.69. The molecular formula is C24H25N3O3. The van der Waals surface area contributed by atoms with Crippen molar-refractivity contribution in [3.63, 3.8) is 0 Å². The summed E-state index contributed by atoms with van der Waals surface area (Å²) in [7, 11) is 1.67. The maximum Gasteiger partial charge on any atom is 0.232 e. The molecule has 3 heterocycles. The summed E-state index contributed by atoms with van der Waals surface area (Å²) in [6.07, 6.45) is 2.69. The molecule has 5 rings (SSSR count). The Morgan fingerprint density at radius 3 is 2.97 bits per heavy atom. The Hall–Kier alpha value is -3.28. The number of anilines is 1. The number of ether oxygens (including phenoxy) is 1. The highest BCUT2D eigenvalue weighted by Gasteiger charge is 2.30. The summed E-state index contributed by atoms with van der Waals surface area (Å²) >= 11 is 0. The molecule has 1 aromatic heterocycles. The van der Waals surface area contributed by atoms with E-state index in [-0.39, 0.29) is 17.7 Å². The number of aromatic nitrogens is 1. The lowest BCUT2D eigenvalue weighted by molar-refractivity contribution is -0.132. The number of benzene rings is 2. The van der Waals surface area contributed by atoms with Gasteiger partial charge in [-0.15, -0.1) is 0 Å². The highest BCUT2D eigenvalue weighted by Crippen LogP contribution is 2.35. The van der Waals surface area contributed by atoms with Crippen molar-refractivity contribution in [1.29, 1.82) is 0 Å². The third-order valence-corrected chi connectivity index (χ3v) is 6.33. The summed E-state index contributed by atoms with van der Waals surface area (Å²) in [5.41, 5.74) is 5.43. The molecule has 154 valence electrons. The third kappa shape index (κ3) is 3.22.